The van der Waals surface area contributed by atoms with Crippen LogP contribution in [-0.4, -0.2) is 20.6 Å². The Kier molecular flexibility index (Phi) is 4.35. The molecule has 6 nitrogen and oxygen atoms in total. The summed E-state index contributed by atoms with van der Waals surface area (Å²) in [4.78, 5) is 22.2. The number of nitro benzene ring substituents is 1. The topological polar surface area (TPSA) is 85.4 Å². The van der Waals surface area contributed by atoms with Gasteiger partial charge < -0.3 is 9.67 Å². The number of carboxylic acids is 1. The smallest absolute Gasteiger partial charge is 0.337 e. The number of rotatable bonds is 5. The van der Waals surface area contributed by atoms with E-state index in [0.29, 0.717) is 12.2 Å². The first-order valence-electron chi connectivity index (χ1n) is 7.69. The summed E-state index contributed by atoms with van der Waals surface area (Å²) in [6.45, 7) is 2.18. The molecule has 0 aliphatic rings. The van der Waals surface area contributed by atoms with Crippen LogP contribution in [0.2, 0.25) is 0 Å². The molecular formula is C19H16N2O4. The molecule has 1 N–H and O–H groups in total. The van der Waals surface area contributed by atoms with Crippen molar-refractivity contribution in [2.24, 2.45) is 0 Å². The molecule has 0 saturated heterocycles. The first kappa shape index (κ1) is 16.4. The van der Waals surface area contributed by atoms with Crippen LogP contribution in [-0.2, 0) is 6.54 Å². The third-order valence-corrected chi connectivity index (χ3v) is 4.04. The first-order chi connectivity index (χ1) is 12.0. The molecule has 1 heterocycles. The van der Waals surface area contributed by atoms with Crippen LogP contribution in [0.1, 0.15) is 21.6 Å². The molecule has 2 aromatic carbocycles. The highest BCUT2D eigenvalue weighted by molar-refractivity contribution is 5.95. The number of non-ortho nitro benzene ring substituents is 1. The van der Waals surface area contributed by atoms with Gasteiger partial charge in [0.25, 0.3) is 5.69 Å². The SMILES string of the molecule is Cc1cc(C(=O)O)c(-c2ccccc2)n1Cc1cccc([N+](=O)[O-])c1. The average molecular weight is 336 g/mol. The normalized spacial score (nSPS) is 10.6. The molecule has 0 fully saturated rings. The maximum Gasteiger partial charge on any atom is 0.337 e. The molecule has 0 spiro atoms. The molecule has 0 saturated carbocycles. The van der Waals surface area contributed by atoms with Crippen LogP contribution in [0.15, 0.2) is 60.7 Å². The van der Waals surface area contributed by atoms with Crippen molar-refractivity contribution in [3.05, 3.63) is 87.6 Å². The number of nitro groups is 1. The molecule has 126 valence electrons. The molecule has 25 heavy (non-hydrogen) atoms. The highest BCUT2D eigenvalue weighted by Gasteiger charge is 2.20. The van der Waals surface area contributed by atoms with Crippen molar-refractivity contribution in [2.45, 2.75) is 13.5 Å². The summed E-state index contributed by atoms with van der Waals surface area (Å²) in [6, 6.07) is 17.3. The summed E-state index contributed by atoms with van der Waals surface area (Å²) in [5.41, 5.74) is 3.14. The largest absolute Gasteiger partial charge is 0.478 e. The summed E-state index contributed by atoms with van der Waals surface area (Å²) in [7, 11) is 0. The van der Waals surface area contributed by atoms with Gasteiger partial charge in [-0.05, 0) is 24.1 Å². The maximum atomic E-state index is 11.7. The predicted octanol–water partition coefficient (Wildman–Crippen LogP) is 4.12. The maximum absolute atomic E-state index is 11.7. The zero-order chi connectivity index (χ0) is 18.0. The third kappa shape index (κ3) is 3.28. The van der Waals surface area contributed by atoms with E-state index in [0.717, 1.165) is 16.8 Å². The summed E-state index contributed by atoms with van der Waals surface area (Å²) < 4.78 is 1.87. The summed E-state index contributed by atoms with van der Waals surface area (Å²) in [5.74, 6) is -1.00. The number of aryl methyl sites for hydroxylation is 1. The van der Waals surface area contributed by atoms with Crippen LogP contribution in [0, 0.1) is 17.0 Å². The number of aromatic carboxylic acids is 1. The lowest BCUT2D eigenvalue weighted by Crippen LogP contribution is -2.06. The van der Waals surface area contributed by atoms with E-state index in [2.05, 4.69) is 0 Å². The van der Waals surface area contributed by atoms with E-state index in [-0.39, 0.29) is 11.3 Å². The summed E-state index contributed by atoms with van der Waals surface area (Å²) in [6.07, 6.45) is 0. The second-order valence-electron chi connectivity index (χ2n) is 5.73. The quantitative estimate of drug-likeness (QED) is 0.561. The zero-order valence-corrected chi connectivity index (χ0v) is 13.5. The Hall–Kier alpha value is -3.41. The number of carboxylic acid groups (broad SMARTS) is 1. The molecule has 0 aliphatic heterocycles. The van der Waals surface area contributed by atoms with E-state index in [4.69, 9.17) is 0 Å². The minimum Gasteiger partial charge on any atom is -0.478 e. The highest BCUT2D eigenvalue weighted by Crippen LogP contribution is 2.29. The number of benzene rings is 2. The molecule has 0 unspecified atom stereocenters. The highest BCUT2D eigenvalue weighted by atomic mass is 16.6. The van der Waals surface area contributed by atoms with Crippen LogP contribution in [0.3, 0.4) is 0 Å². The van der Waals surface area contributed by atoms with E-state index in [1.807, 2.05) is 41.8 Å². The average Bonchev–Trinajstić information content (AvgIpc) is 2.93. The standard InChI is InChI=1S/C19H16N2O4/c1-13-10-17(19(22)23)18(15-7-3-2-4-8-15)20(13)12-14-6-5-9-16(11-14)21(24)25/h2-11H,12H2,1H3,(H,22,23). The van der Waals surface area contributed by atoms with Crippen molar-refractivity contribution in [2.75, 3.05) is 0 Å². The molecule has 1 aromatic heterocycles. The Balaban J connectivity index is 2.12. The van der Waals surface area contributed by atoms with Gasteiger partial charge in [0, 0.05) is 24.4 Å². The van der Waals surface area contributed by atoms with Gasteiger partial charge in [0.2, 0.25) is 0 Å². The monoisotopic (exact) mass is 336 g/mol. The number of hydrogen-bond donors (Lipinski definition) is 1. The Morgan fingerprint density at radius 3 is 2.48 bits per heavy atom. The van der Waals surface area contributed by atoms with Gasteiger partial charge in [-0.3, -0.25) is 10.1 Å². The minimum atomic E-state index is -1.00. The van der Waals surface area contributed by atoms with Gasteiger partial charge >= 0.3 is 5.97 Å². The fourth-order valence-electron chi connectivity index (χ4n) is 2.90. The zero-order valence-electron chi connectivity index (χ0n) is 13.5. The molecule has 0 atom stereocenters. The molecule has 0 amide bonds. The summed E-state index contributed by atoms with van der Waals surface area (Å²) >= 11 is 0. The van der Waals surface area contributed by atoms with Crippen molar-refractivity contribution >= 4 is 11.7 Å². The van der Waals surface area contributed by atoms with Crippen molar-refractivity contribution in [1.29, 1.82) is 0 Å². The second kappa shape index (κ2) is 6.60. The Labute approximate surface area is 144 Å². The van der Waals surface area contributed by atoms with Crippen molar-refractivity contribution < 1.29 is 14.8 Å². The van der Waals surface area contributed by atoms with E-state index < -0.39 is 10.9 Å². The molecule has 0 radical (unpaired) electrons. The number of carbonyl (C=O) groups is 1. The molecule has 0 aliphatic carbocycles. The van der Waals surface area contributed by atoms with Crippen LogP contribution in [0.5, 0.6) is 0 Å². The van der Waals surface area contributed by atoms with Crippen molar-refractivity contribution in [1.82, 2.24) is 4.57 Å². The minimum absolute atomic E-state index is 0.0158. The van der Waals surface area contributed by atoms with E-state index in [1.165, 1.54) is 12.1 Å². The van der Waals surface area contributed by atoms with E-state index in [9.17, 15) is 20.0 Å². The van der Waals surface area contributed by atoms with Gasteiger partial charge in [0.1, 0.15) is 0 Å². The van der Waals surface area contributed by atoms with Crippen LogP contribution in [0.4, 0.5) is 5.69 Å². The molecule has 3 rings (SSSR count). The lowest BCUT2D eigenvalue weighted by atomic mass is 10.1. The summed E-state index contributed by atoms with van der Waals surface area (Å²) in [5, 5.41) is 20.5. The first-order valence-corrected chi connectivity index (χ1v) is 7.69. The number of nitrogens with zero attached hydrogens (tertiary/aromatic N) is 2. The fraction of sp³-hybridized carbons (Fsp3) is 0.105. The second-order valence-corrected chi connectivity index (χ2v) is 5.73. The molecular weight excluding hydrogens is 320 g/mol. The molecule has 6 heteroatoms. The van der Waals surface area contributed by atoms with E-state index in [1.54, 1.807) is 18.2 Å². The van der Waals surface area contributed by atoms with Crippen LogP contribution >= 0.6 is 0 Å². The van der Waals surface area contributed by atoms with E-state index >= 15 is 0 Å². The van der Waals surface area contributed by atoms with Gasteiger partial charge in [-0.2, -0.15) is 0 Å². The van der Waals surface area contributed by atoms with Gasteiger partial charge in [0.15, 0.2) is 0 Å². The van der Waals surface area contributed by atoms with Crippen molar-refractivity contribution in [3.8, 4) is 11.3 Å². The Morgan fingerprint density at radius 2 is 1.84 bits per heavy atom. The lowest BCUT2D eigenvalue weighted by Gasteiger charge is -2.13. The molecule has 3 aromatic rings. The van der Waals surface area contributed by atoms with Crippen LogP contribution < -0.4 is 0 Å². The van der Waals surface area contributed by atoms with Gasteiger partial charge in [-0.1, -0.05) is 42.5 Å². The fourth-order valence-corrected chi connectivity index (χ4v) is 2.90. The van der Waals surface area contributed by atoms with Gasteiger partial charge in [-0.25, -0.2) is 4.79 Å². The lowest BCUT2D eigenvalue weighted by molar-refractivity contribution is -0.384. The number of aromatic nitrogens is 1. The Morgan fingerprint density at radius 1 is 1.12 bits per heavy atom. The number of hydrogen-bond acceptors (Lipinski definition) is 3. The predicted molar refractivity (Wildman–Crippen MR) is 93.8 cm³/mol. The van der Waals surface area contributed by atoms with Gasteiger partial charge in [-0.15, -0.1) is 0 Å². The van der Waals surface area contributed by atoms with Gasteiger partial charge in [0.05, 0.1) is 16.2 Å². The Bertz CT molecular complexity index is 945. The van der Waals surface area contributed by atoms with Crippen LogP contribution in [0.25, 0.3) is 11.3 Å². The molecule has 0 bridgehead atoms. The third-order valence-electron chi connectivity index (χ3n) is 4.04. The van der Waals surface area contributed by atoms with Crippen molar-refractivity contribution in [3.63, 3.8) is 0 Å².